The quantitative estimate of drug-likeness (QED) is 0.527. The monoisotopic (exact) mass is 204 g/mol. The van der Waals surface area contributed by atoms with Gasteiger partial charge in [-0.15, -0.1) is 8.42 Å². The van der Waals surface area contributed by atoms with Crippen LogP contribution in [0.3, 0.4) is 0 Å². The Morgan fingerprint density at radius 2 is 2.15 bits per heavy atom. The van der Waals surface area contributed by atoms with Crippen LogP contribution in [-0.4, -0.2) is 18.0 Å². The first-order valence-corrected chi connectivity index (χ1v) is 4.53. The van der Waals surface area contributed by atoms with E-state index >= 15 is 0 Å². The van der Waals surface area contributed by atoms with Gasteiger partial charge in [-0.2, -0.15) is 4.98 Å². The lowest BCUT2D eigenvalue weighted by molar-refractivity contribution is 0.433. The van der Waals surface area contributed by atoms with E-state index in [1.165, 1.54) is 13.2 Å². The number of hydrogen-bond acceptors (Lipinski definition) is 6. The number of hydrogen-bond donors (Lipinski definition) is 0. The van der Waals surface area contributed by atoms with Crippen molar-refractivity contribution in [2.24, 2.45) is 7.05 Å². The number of aryl methyl sites for hydroxylation is 1. The molecule has 1 aliphatic rings. The molecule has 2 heterocycles. The third-order valence-electron chi connectivity index (χ3n) is 1.39. The lowest BCUT2D eigenvalue weighted by atomic mass is 10.6. The Bertz CT molecular complexity index is 516. The molecule has 0 aromatic carbocycles. The van der Waals surface area contributed by atoms with E-state index in [2.05, 4.69) is 13.4 Å². The lowest BCUT2D eigenvalue weighted by Gasteiger charge is -1.94. The smallest absolute Gasteiger partial charge is 0.345 e. The highest BCUT2D eigenvalue weighted by molar-refractivity contribution is 7.82. The highest BCUT2D eigenvalue weighted by Crippen LogP contribution is 2.30. The second kappa shape index (κ2) is 2.22. The molecule has 0 amide bonds. The molecule has 0 N–H and O–H groups in total. The third-order valence-corrected chi connectivity index (χ3v) is 2.14. The van der Waals surface area contributed by atoms with Gasteiger partial charge in [0, 0.05) is 7.05 Å². The van der Waals surface area contributed by atoms with Crippen LogP contribution in [-0.2, 0) is 17.4 Å². The first-order chi connectivity index (χ1) is 5.98. The zero-order chi connectivity index (χ0) is 9.64. The zero-order valence-corrected chi connectivity index (χ0v) is 7.24. The third kappa shape index (κ3) is 1.24. The molecule has 0 fully saturated rings. The maximum absolute atomic E-state index is 10.9. The summed E-state index contributed by atoms with van der Waals surface area (Å²) >= 11 is 0. The highest BCUT2D eigenvalue weighted by Gasteiger charge is 2.30. The number of nitrogens with zero attached hydrogens (tertiary/aromatic N) is 2. The maximum atomic E-state index is 10.9. The van der Waals surface area contributed by atoms with E-state index in [0.717, 1.165) is 4.57 Å². The van der Waals surface area contributed by atoms with Crippen molar-refractivity contribution in [3.05, 3.63) is 16.7 Å². The predicted molar refractivity (Wildman–Crippen MR) is 39.7 cm³/mol. The fraction of sp³-hybridized carbons (Fsp3) is 0.200. The van der Waals surface area contributed by atoms with Crippen molar-refractivity contribution in [1.29, 1.82) is 0 Å². The van der Waals surface area contributed by atoms with E-state index in [4.69, 9.17) is 0 Å². The topological polar surface area (TPSA) is 87.5 Å². The first-order valence-electron chi connectivity index (χ1n) is 3.19. The van der Waals surface area contributed by atoms with Crippen LogP contribution in [0.2, 0.25) is 0 Å². The average molecular weight is 204 g/mol. The van der Waals surface area contributed by atoms with Gasteiger partial charge < -0.3 is 8.37 Å². The SMILES string of the molecule is Cn1cc2c(nc1=O)OS(=O)(=O)O2. The summed E-state index contributed by atoms with van der Waals surface area (Å²) in [7, 11) is -2.63. The molecule has 0 unspecified atom stereocenters. The molecule has 8 heteroatoms. The molecule has 7 nitrogen and oxygen atoms in total. The molecule has 1 aromatic rings. The summed E-state index contributed by atoms with van der Waals surface area (Å²) in [5, 5.41) is 0. The minimum atomic E-state index is -4.05. The normalized spacial score (nSPS) is 17.3. The molecule has 0 saturated heterocycles. The molecule has 2 rings (SSSR count). The highest BCUT2D eigenvalue weighted by atomic mass is 32.3. The summed E-state index contributed by atoms with van der Waals surface area (Å²) in [6.07, 6.45) is 1.19. The standard InChI is InChI=1S/C5H4N2O5S/c1-7-2-3-4(6-5(7)8)12-13(9,10)11-3/h2H,1H3. The summed E-state index contributed by atoms with van der Waals surface area (Å²) in [5.41, 5.74) is -0.612. The molecule has 0 radical (unpaired) electrons. The second-order valence-electron chi connectivity index (χ2n) is 2.38. The number of rotatable bonds is 0. The fourth-order valence-electron chi connectivity index (χ4n) is 0.848. The molecular formula is C5H4N2O5S. The zero-order valence-electron chi connectivity index (χ0n) is 6.42. The summed E-state index contributed by atoms with van der Waals surface area (Å²) in [6.45, 7) is 0. The maximum Gasteiger partial charge on any atom is 0.502 e. The van der Waals surface area contributed by atoms with E-state index in [1.807, 2.05) is 0 Å². The van der Waals surface area contributed by atoms with Crippen molar-refractivity contribution in [2.75, 3.05) is 0 Å². The van der Waals surface area contributed by atoms with Crippen LogP contribution in [0.15, 0.2) is 11.0 Å². The first kappa shape index (κ1) is 8.05. The van der Waals surface area contributed by atoms with Crippen molar-refractivity contribution in [3.63, 3.8) is 0 Å². The van der Waals surface area contributed by atoms with Gasteiger partial charge in [0.25, 0.3) is 5.88 Å². The molecule has 13 heavy (non-hydrogen) atoms. The van der Waals surface area contributed by atoms with Crippen molar-refractivity contribution >= 4 is 10.4 Å². The van der Waals surface area contributed by atoms with Crippen molar-refractivity contribution in [1.82, 2.24) is 9.55 Å². The van der Waals surface area contributed by atoms with Gasteiger partial charge in [0.05, 0.1) is 6.20 Å². The molecule has 0 saturated carbocycles. The Hall–Kier alpha value is -1.57. The molecular weight excluding hydrogens is 200 g/mol. The predicted octanol–water partition coefficient (Wildman–Crippen LogP) is -1.20. The van der Waals surface area contributed by atoms with Gasteiger partial charge in [0.1, 0.15) is 0 Å². The Morgan fingerprint density at radius 3 is 2.85 bits per heavy atom. The van der Waals surface area contributed by atoms with E-state index in [0.29, 0.717) is 0 Å². The number of fused-ring (bicyclic) bond motifs is 1. The van der Waals surface area contributed by atoms with Crippen LogP contribution in [0.5, 0.6) is 11.6 Å². The second-order valence-corrected chi connectivity index (χ2v) is 3.53. The summed E-state index contributed by atoms with van der Waals surface area (Å²) in [5.74, 6) is -0.398. The van der Waals surface area contributed by atoms with Gasteiger partial charge in [0.15, 0.2) is 0 Å². The number of aromatic nitrogens is 2. The minimum absolute atomic E-state index is 0.0814. The molecule has 0 aliphatic carbocycles. The van der Waals surface area contributed by atoms with Gasteiger partial charge in [-0.25, -0.2) is 4.79 Å². The van der Waals surface area contributed by atoms with E-state index < -0.39 is 16.1 Å². The van der Waals surface area contributed by atoms with Crippen LogP contribution in [0.25, 0.3) is 0 Å². The average Bonchev–Trinajstić information content (AvgIpc) is 2.24. The lowest BCUT2D eigenvalue weighted by Crippen LogP contribution is -2.18. The molecule has 0 bridgehead atoms. The Kier molecular flexibility index (Phi) is 1.38. The van der Waals surface area contributed by atoms with Crippen LogP contribution in [0, 0.1) is 0 Å². The molecule has 0 atom stereocenters. The van der Waals surface area contributed by atoms with E-state index in [-0.39, 0.29) is 11.6 Å². The van der Waals surface area contributed by atoms with Gasteiger partial charge in [-0.1, -0.05) is 0 Å². The fourth-order valence-corrected chi connectivity index (χ4v) is 1.53. The summed E-state index contributed by atoms with van der Waals surface area (Å²) in [4.78, 5) is 14.2. The van der Waals surface area contributed by atoms with Crippen molar-refractivity contribution in [3.8, 4) is 11.6 Å². The van der Waals surface area contributed by atoms with Crippen LogP contribution in [0.4, 0.5) is 0 Å². The van der Waals surface area contributed by atoms with Gasteiger partial charge in [-0.3, -0.25) is 4.57 Å². The molecule has 70 valence electrons. The van der Waals surface area contributed by atoms with E-state index in [1.54, 1.807) is 0 Å². The Morgan fingerprint density at radius 1 is 1.46 bits per heavy atom. The molecule has 0 spiro atoms. The Labute approximate surface area is 72.9 Å². The largest absolute Gasteiger partial charge is 0.502 e. The molecule has 1 aromatic heterocycles. The van der Waals surface area contributed by atoms with Gasteiger partial charge >= 0.3 is 16.1 Å². The van der Waals surface area contributed by atoms with Crippen LogP contribution in [0.1, 0.15) is 0 Å². The van der Waals surface area contributed by atoms with Gasteiger partial charge in [-0.05, 0) is 0 Å². The van der Waals surface area contributed by atoms with Crippen LogP contribution >= 0.6 is 0 Å². The Balaban J connectivity index is 2.67. The molecule has 1 aliphatic heterocycles. The van der Waals surface area contributed by atoms with E-state index in [9.17, 15) is 13.2 Å². The summed E-state index contributed by atoms with van der Waals surface area (Å²) in [6, 6.07) is 0. The minimum Gasteiger partial charge on any atom is -0.345 e. The van der Waals surface area contributed by atoms with Crippen molar-refractivity contribution in [2.45, 2.75) is 0 Å². The summed E-state index contributed by atoms with van der Waals surface area (Å²) < 4.78 is 31.1. The van der Waals surface area contributed by atoms with Crippen molar-refractivity contribution < 1.29 is 16.8 Å². The van der Waals surface area contributed by atoms with Gasteiger partial charge in [0.2, 0.25) is 5.75 Å². The van der Waals surface area contributed by atoms with Crippen LogP contribution < -0.4 is 14.1 Å².